The van der Waals surface area contributed by atoms with Gasteiger partial charge in [0.05, 0.1) is 23.3 Å². The standard InChI is InChI=1S/C17H20N2O4S2/c1-4-24-16-8-6-5-7-14(16)19-25(21,22)12-9-10-15(23-3)13(11-12)17(20)18-2/h5-11,19H,4H2,1-3H3,(H,18,20). The van der Waals surface area contributed by atoms with Crippen LogP contribution in [0.25, 0.3) is 0 Å². The highest BCUT2D eigenvalue weighted by Gasteiger charge is 2.20. The zero-order valence-corrected chi connectivity index (χ0v) is 15.8. The monoisotopic (exact) mass is 380 g/mol. The van der Waals surface area contributed by atoms with Gasteiger partial charge in [0.25, 0.3) is 15.9 Å². The van der Waals surface area contributed by atoms with E-state index in [9.17, 15) is 13.2 Å². The largest absolute Gasteiger partial charge is 0.496 e. The fraction of sp³-hybridized carbons (Fsp3) is 0.235. The number of benzene rings is 2. The van der Waals surface area contributed by atoms with Gasteiger partial charge in [0, 0.05) is 11.9 Å². The molecule has 0 aliphatic heterocycles. The van der Waals surface area contributed by atoms with Crippen LogP contribution in [0.2, 0.25) is 0 Å². The van der Waals surface area contributed by atoms with Gasteiger partial charge in [-0.05, 0) is 36.1 Å². The molecule has 0 saturated carbocycles. The minimum absolute atomic E-state index is 0.0109. The summed E-state index contributed by atoms with van der Waals surface area (Å²) in [6.07, 6.45) is 0. The molecule has 0 spiro atoms. The van der Waals surface area contributed by atoms with Crippen LogP contribution < -0.4 is 14.8 Å². The van der Waals surface area contributed by atoms with E-state index in [1.807, 2.05) is 19.1 Å². The molecule has 134 valence electrons. The van der Waals surface area contributed by atoms with Gasteiger partial charge in [-0.3, -0.25) is 9.52 Å². The van der Waals surface area contributed by atoms with Crippen molar-refractivity contribution in [1.82, 2.24) is 5.32 Å². The molecule has 0 bridgehead atoms. The highest BCUT2D eigenvalue weighted by molar-refractivity contribution is 7.99. The second kappa shape index (κ2) is 8.26. The van der Waals surface area contributed by atoms with E-state index in [-0.39, 0.29) is 10.5 Å². The minimum atomic E-state index is -3.84. The highest BCUT2D eigenvalue weighted by atomic mass is 32.2. The maximum Gasteiger partial charge on any atom is 0.261 e. The van der Waals surface area contributed by atoms with Crippen LogP contribution in [0.5, 0.6) is 5.75 Å². The second-order valence-corrected chi connectivity index (χ2v) is 7.96. The number of thioether (sulfide) groups is 1. The Bertz CT molecular complexity index is 867. The average Bonchev–Trinajstić information content (AvgIpc) is 2.62. The molecule has 6 nitrogen and oxygen atoms in total. The summed E-state index contributed by atoms with van der Waals surface area (Å²) in [4.78, 5) is 12.8. The SMILES string of the molecule is CCSc1ccccc1NS(=O)(=O)c1ccc(OC)c(C(=O)NC)c1. The molecule has 0 heterocycles. The van der Waals surface area contributed by atoms with Crippen LogP contribution >= 0.6 is 11.8 Å². The van der Waals surface area contributed by atoms with E-state index < -0.39 is 15.9 Å². The van der Waals surface area contributed by atoms with Gasteiger partial charge in [-0.2, -0.15) is 0 Å². The first-order valence-corrected chi connectivity index (χ1v) is 10.0. The molecular weight excluding hydrogens is 360 g/mol. The number of sulfonamides is 1. The first-order valence-electron chi connectivity index (χ1n) is 7.57. The van der Waals surface area contributed by atoms with Crippen LogP contribution in [0, 0.1) is 0 Å². The zero-order chi connectivity index (χ0) is 18.4. The lowest BCUT2D eigenvalue weighted by atomic mass is 10.2. The topological polar surface area (TPSA) is 84.5 Å². The van der Waals surface area contributed by atoms with Crippen molar-refractivity contribution in [3.63, 3.8) is 0 Å². The molecule has 0 atom stereocenters. The zero-order valence-electron chi connectivity index (χ0n) is 14.2. The van der Waals surface area contributed by atoms with E-state index in [1.165, 1.54) is 32.4 Å². The summed E-state index contributed by atoms with van der Waals surface area (Å²) >= 11 is 1.54. The second-order valence-electron chi connectivity index (χ2n) is 4.98. The molecule has 2 aromatic carbocycles. The van der Waals surface area contributed by atoms with Crippen molar-refractivity contribution in [3.8, 4) is 5.75 Å². The normalized spacial score (nSPS) is 11.0. The Balaban J connectivity index is 2.42. The van der Waals surface area contributed by atoms with Crippen LogP contribution in [0.4, 0.5) is 5.69 Å². The van der Waals surface area contributed by atoms with Crippen LogP contribution in [-0.2, 0) is 10.0 Å². The van der Waals surface area contributed by atoms with Crippen molar-refractivity contribution >= 4 is 33.4 Å². The smallest absolute Gasteiger partial charge is 0.261 e. The van der Waals surface area contributed by atoms with Crippen molar-refractivity contribution in [1.29, 1.82) is 0 Å². The van der Waals surface area contributed by atoms with Gasteiger partial charge < -0.3 is 10.1 Å². The van der Waals surface area contributed by atoms with Gasteiger partial charge in [0.1, 0.15) is 5.75 Å². The minimum Gasteiger partial charge on any atom is -0.496 e. The van der Waals surface area contributed by atoms with Crippen molar-refractivity contribution in [3.05, 3.63) is 48.0 Å². The van der Waals surface area contributed by atoms with Crippen molar-refractivity contribution in [2.45, 2.75) is 16.7 Å². The fourth-order valence-electron chi connectivity index (χ4n) is 2.20. The van der Waals surface area contributed by atoms with E-state index in [1.54, 1.807) is 23.9 Å². The number of carbonyl (C=O) groups excluding carboxylic acids is 1. The molecule has 0 aliphatic carbocycles. The molecule has 0 aliphatic rings. The van der Waals surface area contributed by atoms with Crippen molar-refractivity contribution < 1.29 is 17.9 Å². The lowest BCUT2D eigenvalue weighted by Crippen LogP contribution is -2.20. The number of nitrogens with one attached hydrogen (secondary N) is 2. The molecule has 2 rings (SSSR count). The third-order valence-corrected chi connectivity index (χ3v) is 5.70. The van der Waals surface area contributed by atoms with E-state index in [0.717, 1.165) is 10.6 Å². The van der Waals surface area contributed by atoms with Gasteiger partial charge >= 0.3 is 0 Å². The number of amides is 1. The predicted octanol–water partition coefficient (Wildman–Crippen LogP) is 2.97. The molecule has 0 unspecified atom stereocenters. The van der Waals surface area contributed by atoms with Gasteiger partial charge in [-0.25, -0.2) is 8.42 Å². The number of anilines is 1. The van der Waals surface area contributed by atoms with Gasteiger partial charge in [-0.15, -0.1) is 11.8 Å². The Kier molecular flexibility index (Phi) is 6.33. The summed E-state index contributed by atoms with van der Waals surface area (Å²) in [6.45, 7) is 2.00. The summed E-state index contributed by atoms with van der Waals surface area (Å²) < 4.78 is 33.2. The van der Waals surface area contributed by atoms with Crippen LogP contribution in [0.15, 0.2) is 52.3 Å². The molecule has 25 heavy (non-hydrogen) atoms. The third-order valence-electron chi connectivity index (χ3n) is 3.38. The number of hydrogen-bond donors (Lipinski definition) is 2. The first kappa shape index (κ1) is 19.1. The Morgan fingerprint density at radius 3 is 2.56 bits per heavy atom. The van der Waals surface area contributed by atoms with Crippen LogP contribution in [0.1, 0.15) is 17.3 Å². The Labute approximate surface area is 152 Å². The number of hydrogen-bond acceptors (Lipinski definition) is 5. The maximum absolute atomic E-state index is 12.7. The predicted molar refractivity (Wildman–Crippen MR) is 100 cm³/mol. The van der Waals surface area contributed by atoms with Gasteiger partial charge in [0.15, 0.2) is 0 Å². The summed E-state index contributed by atoms with van der Waals surface area (Å²) in [5.41, 5.74) is 0.663. The Hall–Kier alpha value is -2.19. The van der Waals surface area contributed by atoms with Crippen molar-refractivity contribution in [2.75, 3.05) is 24.6 Å². The molecule has 2 N–H and O–H groups in total. The Morgan fingerprint density at radius 2 is 1.92 bits per heavy atom. The van der Waals surface area contributed by atoms with Crippen LogP contribution in [-0.4, -0.2) is 34.2 Å². The molecule has 1 amide bonds. The molecule has 2 aromatic rings. The van der Waals surface area contributed by atoms with E-state index >= 15 is 0 Å². The molecule has 8 heteroatoms. The van der Waals surface area contributed by atoms with Crippen LogP contribution in [0.3, 0.4) is 0 Å². The lowest BCUT2D eigenvalue weighted by Gasteiger charge is -2.13. The maximum atomic E-state index is 12.7. The summed E-state index contributed by atoms with van der Waals surface area (Å²) in [5.74, 6) is 0.707. The number of rotatable bonds is 7. The van der Waals surface area contributed by atoms with Gasteiger partial charge in [0.2, 0.25) is 0 Å². The molecule has 0 saturated heterocycles. The molecule has 0 aromatic heterocycles. The quantitative estimate of drug-likeness (QED) is 0.722. The highest BCUT2D eigenvalue weighted by Crippen LogP contribution is 2.29. The third kappa shape index (κ3) is 4.46. The van der Waals surface area contributed by atoms with E-state index in [2.05, 4.69) is 10.0 Å². The molecule has 0 fully saturated rings. The van der Waals surface area contributed by atoms with Gasteiger partial charge in [-0.1, -0.05) is 19.1 Å². The molecule has 0 radical (unpaired) electrons. The lowest BCUT2D eigenvalue weighted by molar-refractivity contribution is 0.0960. The average molecular weight is 380 g/mol. The summed E-state index contributed by atoms with van der Waals surface area (Å²) in [7, 11) is -0.948. The number of methoxy groups -OCH3 is 1. The summed E-state index contributed by atoms with van der Waals surface area (Å²) in [6, 6.07) is 11.4. The first-order chi connectivity index (χ1) is 11.9. The summed E-state index contributed by atoms with van der Waals surface area (Å²) in [5, 5.41) is 2.47. The van der Waals surface area contributed by atoms with E-state index in [4.69, 9.17) is 4.74 Å². The fourth-order valence-corrected chi connectivity index (χ4v) is 4.13. The molecular formula is C17H20N2O4S2. The number of carbonyl (C=O) groups is 1. The van der Waals surface area contributed by atoms with Crippen molar-refractivity contribution in [2.24, 2.45) is 0 Å². The number of ether oxygens (including phenoxy) is 1. The number of para-hydroxylation sites is 1. The van der Waals surface area contributed by atoms with E-state index in [0.29, 0.717) is 11.4 Å². The Morgan fingerprint density at radius 1 is 1.20 bits per heavy atom.